The third-order valence-electron chi connectivity index (χ3n) is 6.87. The van der Waals surface area contributed by atoms with Gasteiger partial charge in [0.25, 0.3) is 0 Å². The summed E-state index contributed by atoms with van der Waals surface area (Å²) in [5, 5.41) is 13.5. The Bertz CT molecular complexity index is 1430. The van der Waals surface area contributed by atoms with Crippen molar-refractivity contribution in [2.45, 2.75) is 32.5 Å². The van der Waals surface area contributed by atoms with Gasteiger partial charge in [-0.3, -0.25) is 4.98 Å². The molecule has 37 heavy (non-hydrogen) atoms. The van der Waals surface area contributed by atoms with Gasteiger partial charge in [0.1, 0.15) is 5.75 Å². The fourth-order valence-electron chi connectivity index (χ4n) is 5.08. The number of hydrogen-bond acceptors (Lipinski definition) is 4. The monoisotopic (exact) mass is 512 g/mol. The lowest BCUT2D eigenvalue weighted by molar-refractivity contribution is 0.0697. The van der Waals surface area contributed by atoms with Gasteiger partial charge in [0.2, 0.25) is 0 Å². The van der Waals surface area contributed by atoms with Gasteiger partial charge in [-0.15, -0.1) is 0 Å². The van der Waals surface area contributed by atoms with Gasteiger partial charge in [-0.05, 0) is 91.8 Å². The summed E-state index contributed by atoms with van der Waals surface area (Å²) in [5.74, 6) is -0.127. The van der Waals surface area contributed by atoms with Crippen molar-refractivity contribution in [1.82, 2.24) is 19.8 Å². The Morgan fingerprint density at radius 2 is 1.81 bits per heavy atom. The maximum Gasteiger partial charge on any atom is 0.335 e. The summed E-state index contributed by atoms with van der Waals surface area (Å²) in [6, 6.07) is 22.9. The molecule has 3 heterocycles. The number of carboxylic acids is 1. The zero-order chi connectivity index (χ0) is 26.1. The number of hydrogen-bond donors (Lipinski definition) is 2. The van der Waals surface area contributed by atoms with Gasteiger partial charge in [0.05, 0.1) is 30.5 Å². The molecule has 8 heteroatoms. The van der Waals surface area contributed by atoms with Crippen molar-refractivity contribution in [2.24, 2.45) is 0 Å². The molecule has 1 fully saturated rings. The summed E-state index contributed by atoms with van der Waals surface area (Å²) in [6.07, 6.45) is 1.80. The van der Waals surface area contributed by atoms with E-state index < -0.39 is 5.97 Å². The number of benzene rings is 2. The van der Waals surface area contributed by atoms with Crippen molar-refractivity contribution in [2.75, 3.05) is 7.11 Å². The molecule has 4 aromatic rings. The predicted molar refractivity (Wildman–Crippen MR) is 146 cm³/mol. The molecule has 0 saturated carbocycles. The first kappa shape index (κ1) is 24.5. The highest BCUT2D eigenvalue weighted by Gasteiger charge is 2.41. The quantitative estimate of drug-likeness (QED) is 0.322. The zero-order valence-corrected chi connectivity index (χ0v) is 21.7. The lowest BCUT2D eigenvalue weighted by Crippen LogP contribution is -2.29. The van der Waals surface area contributed by atoms with Gasteiger partial charge in [-0.25, -0.2) is 4.79 Å². The molecule has 0 unspecified atom stereocenters. The van der Waals surface area contributed by atoms with E-state index in [-0.39, 0.29) is 17.6 Å². The van der Waals surface area contributed by atoms with Crippen LogP contribution in [0, 0.1) is 13.8 Å². The maximum atomic E-state index is 11.3. The maximum absolute atomic E-state index is 11.3. The molecule has 188 valence electrons. The standard InChI is InChI=1S/C29H28N4O3S/c1-18-16-24(19(2)33(18)22-11-9-21(10-12-22)28(34)35)27-26(25-6-4-5-15-30-25)31-29(37)32(27)17-20-7-13-23(36-3)14-8-20/h4-16,26-27H,17H2,1-3H3,(H,31,37)(H,34,35)/t26-,27-/m0/s1. The van der Waals surface area contributed by atoms with Crippen LogP contribution < -0.4 is 10.1 Å². The molecule has 2 atom stereocenters. The van der Waals surface area contributed by atoms with Crippen LogP contribution in [0.15, 0.2) is 79.0 Å². The predicted octanol–water partition coefficient (Wildman–Crippen LogP) is 5.37. The van der Waals surface area contributed by atoms with Crippen molar-refractivity contribution < 1.29 is 14.6 Å². The first-order chi connectivity index (χ1) is 17.9. The fourth-order valence-corrected chi connectivity index (χ4v) is 5.38. The van der Waals surface area contributed by atoms with Crippen LogP contribution in [0.25, 0.3) is 5.69 Å². The van der Waals surface area contributed by atoms with Crippen molar-refractivity contribution in [3.05, 3.63) is 113 Å². The number of nitrogens with zero attached hydrogens (tertiary/aromatic N) is 3. The Kier molecular flexibility index (Phi) is 6.67. The van der Waals surface area contributed by atoms with Crippen molar-refractivity contribution in [3.63, 3.8) is 0 Å². The molecule has 0 radical (unpaired) electrons. The fraction of sp³-hybridized carbons (Fsp3) is 0.207. The zero-order valence-electron chi connectivity index (χ0n) is 20.9. The van der Waals surface area contributed by atoms with Crippen LogP contribution in [0.4, 0.5) is 0 Å². The van der Waals surface area contributed by atoms with Gasteiger partial charge in [0, 0.05) is 29.8 Å². The summed E-state index contributed by atoms with van der Waals surface area (Å²) < 4.78 is 7.48. The number of rotatable bonds is 7. The number of aromatic nitrogens is 2. The molecule has 5 rings (SSSR count). The summed E-state index contributed by atoms with van der Waals surface area (Å²) in [4.78, 5) is 18.2. The number of nitrogens with one attached hydrogen (secondary N) is 1. The second kappa shape index (κ2) is 10.1. The van der Waals surface area contributed by atoms with Crippen LogP contribution in [0.3, 0.4) is 0 Å². The highest BCUT2D eigenvalue weighted by molar-refractivity contribution is 7.80. The number of ether oxygens (including phenoxy) is 1. The van der Waals surface area contributed by atoms with E-state index in [1.54, 1.807) is 25.4 Å². The second-order valence-electron chi connectivity index (χ2n) is 9.12. The Labute approximate surface area is 221 Å². The lowest BCUT2D eigenvalue weighted by Gasteiger charge is -2.28. The van der Waals surface area contributed by atoms with Crippen molar-refractivity contribution >= 4 is 23.3 Å². The highest BCUT2D eigenvalue weighted by Crippen LogP contribution is 2.42. The van der Waals surface area contributed by atoms with Crippen LogP contribution in [0.2, 0.25) is 0 Å². The van der Waals surface area contributed by atoms with E-state index in [1.807, 2.05) is 42.5 Å². The topological polar surface area (TPSA) is 79.6 Å². The average molecular weight is 513 g/mol. The van der Waals surface area contributed by atoms with Crippen LogP contribution in [0.1, 0.15) is 50.7 Å². The van der Waals surface area contributed by atoms with Gasteiger partial charge < -0.3 is 24.6 Å². The molecule has 1 saturated heterocycles. The summed E-state index contributed by atoms with van der Waals surface area (Å²) in [6.45, 7) is 4.78. The lowest BCUT2D eigenvalue weighted by atomic mass is 9.96. The first-order valence-corrected chi connectivity index (χ1v) is 12.4. The van der Waals surface area contributed by atoms with Gasteiger partial charge in [-0.2, -0.15) is 0 Å². The SMILES string of the molecule is COc1ccc(CN2C(=S)N[C@@H](c3ccccn3)[C@@H]2c2cc(C)n(-c3ccc(C(=O)O)cc3)c2C)cc1. The first-order valence-electron chi connectivity index (χ1n) is 12.0. The number of methoxy groups -OCH3 is 1. The molecule has 2 aromatic heterocycles. The van der Waals surface area contributed by atoms with Gasteiger partial charge in [-0.1, -0.05) is 18.2 Å². The van der Waals surface area contributed by atoms with Crippen LogP contribution in [0.5, 0.6) is 5.75 Å². The number of carboxylic acid groups (broad SMARTS) is 1. The van der Waals surface area contributed by atoms with E-state index in [1.165, 1.54) is 0 Å². The Morgan fingerprint density at radius 3 is 2.43 bits per heavy atom. The van der Waals surface area contributed by atoms with Crippen molar-refractivity contribution in [1.29, 1.82) is 0 Å². The van der Waals surface area contributed by atoms with E-state index in [2.05, 4.69) is 51.8 Å². The number of thiocarbonyl (C=S) groups is 1. The third kappa shape index (κ3) is 4.68. The van der Waals surface area contributed by atoms with E-state index in [0.29, 0.717) is 11.7 Å². The normalized spacial score (nSPS) is 17.1. The summed E-state index contributed by atoms with van der Waals surface area (Å²) in [5.41, 5.74) is 6.47. The molecule has 1 aliphatic rings. The van der Waals surface area contributed by atoms with Gasteiger partial charge >= 0.3 is 5.97 Å². The minimum atomic E-state index is -0.939. The molecule has 1 aliphatic heterocycles. The molecule has 0 spiro atoms. The summed E-state index contributed by atoms with van der Waals surface area (Å²) >= 11 is 5.86. The van der Waals surface area contributed by atoms with Crippen molar-refractivity contribution in [3.8, 4) is 11.4 Å². The number of carbonyl (C=O) groups is 1. The number of pyridine rings is 1. The van der Waals surface area contributed by atoms with Gasteiger partial charge in [0.15, 0.2) is 5.11 Å². The molecule has 0 aliphatic carbocycles. The molecular weight excluding hydrogens is 484 g/mol. The van der Waals surface area contributed by atoms with Crippen LogP contribution in [-0.2, 0) is 6.54 Å². The third-order valence-corrected chi connectivity index (χ3v) is 7.22. The van der Waals surface area contributed by atoms with E-state index >= 15 is 0 Å². The molecule has 0 amide bonds. The second-order valence-corrected chi connectivity index (χ2v) is 9.50. The molecular formula is C29H28N4O3S. The largest absolute Gasteiger partial charge is 0.497 e. The van der Waals surface area contributed by atoms with Crippen LogP contribution >= 0.6 is 12.2 Å². The smallest absolute Gasteiger partial charge is 0.335 e. The Hall–Kier alpha value is -4.17. The number of aryl methyl sites for hydroxylation is 1. The average Bonchev–Trinajstić information content (AvgIpc) is 3.39. The summed E-state index contributed by atoms with van der Waals surface area (Å²) in [7, 11) is 1.66. The highest BCUT2D eigenvalue weighted by atomic mass is 32.1. The molecule has 2 N–H and O–H groups in total. The number of aromatic carboxylic acids is 1. The van der Waals surface area contributed by atoms with E-state index in [4.69, 9.17) is 17.0 Å². The van der Waals surface area contributed by atoms with Crippen LogP contribution in [-0.4, -0.2) is 37.7 Å². The van der Waals surface area contributed by atoms with E-state index in [9.17, 15) is 9.90 Å². The Balaban J connectivity index is 1.58. The molecule has 7 nitrogen and oxygen atoms in total. The molecule has 2 aromatic carbocycles. The van der Waals surface area contributed by atoms with E-state index in [0.717, 1.165) is 39.6 Å². The Morgan fingerprint density at radius 1 is 1.08 bits per heavy atom. The minimum absolute atomic E-state index is 0.0947. The molecule has 0 bridgehead atoms. The minimum Gasteiger partial charge on any atom is -0.497 e.